The van der Waals surface area contributed by atoms with Crippen molar-refractivity contribution in [3.63, 3.8) is 0 Å². The molecule has 9 heteroatoms. The Bertz CT molecular complexity index is 551. The average molecular weight is 332 g/mol. The van der Waals surface area contributed by atoms with E-state index in [0.29, 0.717) is 24.3 Å². The number of carbonyl (C=O) groups is 3. The summed E-state index contributed by atoms with van der Waals surface area (Å²) in [6.45, 7) is 0. The molecular weight excluding hydrogens is 317 g/mol. The number of amides is 1. The molecule has 1 aliphatic rings. The number of carboxylic acids is 1. The predicted octanol–water partition coefficient (Wildman–Crippen LogP) is 1.96. The van der Waals surface area contributed by atoms with Gasteiger partial charge in [0.1, 0.15) is 11.5 Å². The maximum atomic E-state index is 11.7. The normalized spacial score (nSPS) is 15.3. The summed E-state index contributed by atoms with van der Waals surface area (Å²) in [5, 5.41) is 10.0. The summed E-state index contributed by atoms with van der Waals surface area (Å²) >= 11 is 0. The quantitative estimate of drug-likeness (QED) is 0.863. The number of alkyl halides is 3. The molecule has 0 atom stereocenters. The third-order valence-electron chi connectivity index (χ3n) is 3.02. The van der Waals surface area contributed by atoms with Gasteiger partial charge in [-0.1, -0.05) is 6.07 Å². The molecule has 0 saturated heterocycles. The summed E-state index contributed by atoms with van der Waals surface area (Å²) in [5.74, 6) is -2.62. The van der Waals surface area contributed by atoms with Crippen molar-refractivity contribution in [2.75, 3.05) is 0 Å². The smallest absolute Gasteiger partial charge is 0.475 e. The average Bonchev–Trinajstić information content (AvgIpc) is 2.50. The molecule has 1 saturated carbocycles. The first kappa shape index (κ1) is 18.6. The second-order valence-corrected chi connectivity index (χ2v) is 4.80. The molecule has 2 rings (SSSR count). The Morgan fingerprint density at radius 1 is 1.22 bits per heavy atom. The number of Topliss-reactive ketones (excluding diaryl/α,β-unsaturated/α-hetero) is 1. The highest BCUT2D eigenvalue weighted by molar-refractivity contribution is 5.92. The van der Waals surface area contributed by atoms with Gasteiger partial charge in [0, 0.05) is 25.1 Å². The number of carbonyl (C=O) groups excluding carboxylic acids is 2. The molecule has 1 aromatic rings. The largest absolute Gasteiger partial charge is 0.490 e. The van der Waals surface area contributed by atoms with Crippen LogP contribution in [0.2, 0.25) is 0 Å². The molecule has 1 fully saturated rings. The van der Waals surface area contributed by atoms with E-state index in [1.165, 1.54) is 0 Å². The van der Waals surface area contributed by atoms with Gasteiger partial charge in [0.2, 0.25) is 0 Å². The second kappa shape index (κ2) is 8.25. The fraction of sp³-hybridized carbons (Fsp3) is 0.429. The van der Waals surface area contributed by atoms with E-state index in [-0.39, 0.29) is 11.9 Å². The Hall–Kier alpha value is -2.45. The van der Waals surface area contributed by atoms with Crippen molar-refractivity contribution in [1.82, 2.24) is 10.3 Å². The highest BCUT2D eigenvalue weighted by Crippen LogP contribution is 2.15. The second-order valence-electron chi connectivity index (χ2n) is 4.80. The minimum absolute atomic E-state index is 0.118. The number of hydrogen-bond acceptors (Lipinski definition) is 4. The van der Waals surface area contributed by atoms with Crippen LogP contribution < -0.4 is 5.32 Å². The summed E-state index contributed by atoms with van der Waals surface area (Å²) in [7, 11) is 0. The lowest BCUT2D eigenvalue weighted by molar-refractivity contribution is -0.192. The van der Waals surface area contributed by atoms with Crippen molar-refractivity contribution in [2.24, 2.45) is 0 Å². The van der Waals surface area contributed by atoms with Crippen LogP contribution in [0.1, 0.15) is 36.2 Å². The van der Waals surface area contributed by atoms with Gasteiger partial charge < -0.3 is 10.4 Å². The molecule has 0 aromatic carbocycles. The summed E-state index contributed by atoms with van der Waals surface area (Å²) < 4.78 is 31.7. The molecule has 1 aromatic heterocycles. The highest BCUT2D eigenvalue weighted by Gasteiger charge is 2.38. The van der Waals surface area contributed by atoms with E-state index >= 15 is 0 Å². The van der Waals surface area contributed by atoms with Crippen molar-refractivity contribution >= 4 is 17.7 Å². The molecule has 126 valence electrons. The summed E-state index contributed by atoms with van der Waals surface area (Å²) in [6, 6.07) is 5.36. The molecule has 1 heterocycles. The van der Waals surface area contributed by atoms with E-state index in [1.807, 2.05) is 0 Å². The number of nitrogens with one attached hydrogen (secondary N) is 1. The van der Waals surface area contributed by atoms with Gasteiger partial charge >= 0.3 is 12.1 Å². The van der Waals surface area contributed by atoms with Crippen LogP contribution in [0.15, 0.2) is 24.4 Å². The standard InChI is InChI=1S/C12H14N2O2.C2HF3O2/c15-10-6-4-9(5-7-10)14-12(16)11-3-1-2-8-13-11;3-2(4,5)1(6)7/h1-3,8-9H,4-7H2,(H,14,16);(H,6,7). The highest BCUT2D eigenvalue weighted by atomic mass is 19.4. The van der Waals surface area contributed by atoms with Gasteiger partial charge in [-0.05, 0) is 25.0 Å². The van der Waals surface area contributed by atoms with Crippen LogP contribution in [0.5, 0.6) is 0 Å². The van der Waals surface area contributed by atoms with Crippen molar-refractivity contribution in [3.05, 3.63) is 30.1 Å². The number of pyridine rings is 1. The van der Waals surface area contributed by atoms with Crippen LogP contribution >= 0.6 is 0 Å². The molecule has 6 nitrogen and oxygen atoms in total. The topological polar surface area (TPSA) is 96.4 Å². The first-order chi connectivity index (χ1) is 10.7. The minimum atomic E-state index is -5.08. The lowest BCUT2D eigenvalue weighted by Crippen LogP contribution is -2.38. The molecule has 0 bridgehead atoms. The van der Waals surface area contributed by atoms with Crippen molar-refractivity contribution in [2.45, 2.75) is 37.9 Å². The maximum absolute atomic E-state index is 11.7. The number of rotatable bonds is 2. The Morgan fingerprint density at radius 2 is 1.78 bits per heavy atom. The van der Waals surface area contributed by atoms with Gasteiger partial charge in [-0.15, -0.1) is 0 Å². The van der Waals surface area contributed by atoms with Crippen LogP contribution in [0.25, 0.3) is 0 Å². The van der Waals surface area contributed by atoms with Crippen LogP contribution in [-0.4, -0.2) is 40.0 Å². The third-order valence-corrected chi connectivity index (χ3v) is 3.02. The van der Waals surface area contributed by atoms with Gasteiger partial charge in [-0.25, -0.2) is 4.79 Å². The SMILES string of the molecule is O=C(O)C(F)(F)F.O=C1CCC(NC(=O)c2ccccn2)CC1. The van der Waals surface area contributed by atoms with E-state index in [0.717, 1.165) is 12.8 Å². The van der Waals surface area contributed by atoms with Gasteiger partial charge in [0.15, 0.2) is 0 Å². The number of halogens is 3. The van der Waals surface area contributed by atoms with E-state index in [9.17, 15) is 22.8 Å². The molecule has 0 radical (unpaired) electrons. The van der Waals surface area contributed by atoms with Crippen molar-refractivity contribution < 1.29 is 32.7 Å². The van der Waals surface area contributed by atoms with Gasteiger partial charge in [-0.3, -0.25) is 14.6 Å². The number of carboxylic acid groups (broad SMARTS) is 1. The summed E-state index contributed by atoms with van der Waals surface area (Å²) in [4.78, 5) is 35.7. The Balaban J connectivity index is 0.000000322. The lowest BCUT2D eigenvalue weighted by atomic mass is 9.94. The first-order valence-corrected chi connectivity index (χ1v) is 6.74. The number of aromatic nitrogens is 1. The molecule has 0 unspecified atom stereocenters. The van der Waals surface area contributed by atoms with E-state index in [2.05, 4.69) is 10.3 Å². The fourth-order valence-electron chi connectivity index (χ4n) is 1.84. The zero-order chi connectivity index (χ0) is 17.5. The van der Waals surface area contributed by atoms with Crippen LogP contribution in [0, 0.1) is 0 Å². The number of aliphatic carboxylic acids is 1. The monoisotopic (exact) mass is 332 g/mol. The minimum Gasteiger partial charge on any atom is -0.475 e. The molecule has 2 N–H and O–H groups in total. The van der Waals surface area contributed by atoms with Crippen LogP contribution in [0.4, 0.5) is 13.2 Å². The lowest BCUT2D eigenvalue weighted by Gasteiger charge is -2.21. The Morgan fingerprint density at radius 3 is 2.22 bits per heavy atom. The zero-order valence-corrected chi connectivity index (χ0v) is 12.0. The number of nitrogens with zero attached hydrogens (tertiary/aromatic N) is 1. The summed E-state index contributed by atoms with van der Waals surface area (Å²) in [6.07, 6.45) is -0.839. The molecular formula is C14H15F3N2O4. The van der Waals surface area contributed by atoms with Gasteiger partial charge in [-0.2, -0.15) is 13.2 Å². The van der Waals surface area contributed by atoms with Crippen molar-refractivity contribution in [3.8, 4) is 0 Å². The molecule has 0 spiro atoms. The molecule has 1 amide bonds. The zero-order valence-electron chi connectivity index (χ0n) is 12.0. The third kappa shape index (κ3) is 6.90. The summed E-state index contributed by atoms with van der Waals surface area (Å²) in [5.41, 5.74) is 0.430. The van der Waals surface area contributed by atoms with Crippen molar-refractivity contribution in [1.29, 1.82) is 0 Å². The Kier molecular flexibility index (Phi) is 6.67. The molecule has 1 aliphatic carbocycles. The first-order valence-electron chi connectivity index (χ1n) is 6.74. The van der Waals surface area contributed by atoms with Gasteiger partial charge in [0.05, 0.1) is 0 Å². The number of hydrogen-bond donors (Lipinski definition) is 2. The van der Waals surface area contributed by atoms with E-state index in [1.54, 1.807) is 24.4 Å². The molecule has 23 heavy (non-hydrogen) atoms. The van der Waals surface area contributed by atoms with Gasteiger partial charge in [0.25, 0.3) is 5.91 Å². The van der Waals surface area contributed by atoms with E-state index < -0.39 is 12.1 Å². The molecule has 0 aliphatic heterocycles. The number of ketones is 1. The predicted molar refractivity (Wildman–Crippen MR) is 72.7 cm³/mol. The maximum Gasteiger partial charge on any atom is 0.490 e. The van der Waals surface area contributed by atoms with Crippen LogP contribution in [-0.2, 0) is 9.59 Å². The van der Waals surface area contributed by atoms with E-state index in [4.69, 9.17) is 9.90 Å². The Labute approximate surface area is 129 Å². The van der Waals surface area contributed by atoms with Crippen LogP contribution in [0.3, 0.4) is 0 Å². The fourth-order valence-corrected chi connectivity index (χ4v) is 1.84.